The lowest BCUT2D eigenvalue weighted by Crippen LogP contribution is -2.86. The zero-order valence-electron chi connectivity index (χ0n) is 14.7. The summed E-state index contributed by atoms with van der Waals surface area (Å²) in [4.78, 5) is 23.9. The van der Waals surface area contributed by atoms with E-state index in [-0.39, 0.29) is 24.4 Å². The van der Waals surface area contributed by atoms with Gasteiger partial charge in [-0.25, -0.2) is 8.78 Å². The molecule has 0 fully saturated rings. The van der Waals surface area contributed by atoms with E-state index >= 15 is 0 Å². The van der Waals surface area contributed by atoms with E-state index in [1.807, 2.05) is 6.92 Å². The molecule has 0 aliphatic heterocycles. The molecular formula is C19H22F2N3O2+. The summed E-state index contributed by atoms with van der Waals surface area (Å²) in [6.07, 6.45) is 0. The molecule has 0 aliphatic rings. The molecule has 0 spiro atoms. The van der Waals surface area contributed by atoms with Gasteiger partial charge in [0.1, 0.15) is 17.7 Å². The van der Waals surface area contributed by atoms with Crippen molar-refractivity contribution in [2.45, 2.75) is 19.9 Å². The van der Waals surface area contributed by atoms with E-state index in [2.05, 4.69) is 10.6 Å². The Morgan fingerprint density at radius 3 is 2.62 bits per heavy atom. The fourth-order valence-electron chi connectivity index (χ4n) is 2.49. The Kier molecular flexibility index (Phi) is 6.80. The van der Waals surface area contributed by atoms with Crippen molar-refractivity contribution in [1.82, 2.24) is 5.32 Å². The zero-order chi connectivity index (χ0) is 19.1. The van der Waals surface area contributed by atoms with Crippen molar-refractivity contribution >= 4 is 17.5 Å². The minimum Gasteiger partial charge on any atom is -0.352 e. The second kappa shape index (κ2) is 9.05. The number of halogens is 2. The molecule has 0 saturated carbocycles. The number of hydrogen-bond donors (Lipinski definition) is 3. The van der Waals surface area contributed by atoms with Crippen LogP contribution in [0.1, 0.15) is 35.8 Å². The average molecular weight is 362 g/mol. The highest BCUT2D eigenvalue weighted by Gasteiger charge is 2.16. The summed E-state index contributed by atoms with van der Waals surface area (Å²) >= 11 is 0. The molecule has 2 aromatic rings. The Bertz CT molecular complexity index is 796. The van der Waals surface area contributed by atoms with E-state index in [0.717, 1.165) is 6.07 Å². The lowest BCUT2D eigenvalue weighted by molar-refractivity contribution is -0.682. The third-order valence-electron chi connectivity index (χ3n) is 3.86. The lowest BCUT2D eigenvalue weighted by Gasteiger charge is -2.12. The van der Waals surface area contributed by atoms with Crippen LogP contribution in [-0.2, 0) is 4.79 Å². The summed E-state index contributed by atoms with van der Waals surface area (Å²) in [7, 11) is 0. The summed E-state index contributed by atoms with van der Waals surface area (Å²) in [5.41, 5.74) is 1.29. The van der Waals surface area contributed by atoms with Crippen LogP contribution in [-0.4, -0.2) is 24.9 Å². The number of carbonyl (C=O) groups is 2. The van der Waals surface area contributed by atoms with E-state index < -0.39 is 11.6 Å². The van der Waals surface area contributed by atoms with Gasteiger partial charge in [0.25, 0.3) is 11.8 Å². The SMILES string of the molecule is CCNC(=O)c1cccc(NC(=O)C[NH2+][C@H](C)c2ccc(F)cc2F)c1. The Hall–Kier alpha value is -2.80. The molecule has 138 valence electrons. The monoisotopic (exact) mass is 362 g/mol. The summed E-state index contributed by atoms with van der Waals surface area (Å²) in [6.45, 7) is 4.13. The second-order valence-corrected chi connectivity index (χ2v) is 5.88. The van der Waals surface area contributed by atoms with E-state index in [9.17, 15) is 18.4 Å². The Labute approximate surface area is 150 Å². The molecule has 2 aromatic carbocycles. The maximum Gasteiger partial charge on any atom is 0.279 e. The lowest BCUT2D eigenvalue weighted by atomic mass is 10.1. The molecule has 1 atom stereocenters. The Morgan fingerprint density at radius 2 is 1.92 bits per heavy atom. The number of hydrogen-bond acceptors (Lipinski definition) is 2. The quantitative estimate of drug-likeness (QED) is 0.705. The summed E-state index contributed by atoms with van der Waals surface area (Å²) in [5, 5.41) is 7.05. The molecule has 0 aromatic heterocycles. The van der Waals surface area contributed by atoms with Gasteiger partial charge in [0.05, 0.1) is 0 Å². The standard InChI is InChI=1S/C19H21F2N3O2/c1-3-22-19(26)13-5-4-6-15(9-13)24-18(25)11-23-12(2)16-8-7-14(20)10-17(16)21/h4-10,12,23H,3,11H2,1-2H3,(H,22,26)(H,24,25)/p+1/t12-/m1/s1. The first-order chi connectivity index (χ1) is 12.4. The number of benzene rings is 2. The van der Waals surface area contributed by atoms with Crippen molar-refractivity contribution in [3.8, 4) is 0 Å². The first-order valence-electron chi connectivity index (χ1n) is 8.37. The highest BCUT2D eigenvalue weighted by atomic mass is 19.1. The summed E-state index contributed by atoms with van der Waals surface area (Å²) < 4.78 is 26.7. The molecule has 0 radical (unpaired) electrons. The molecule has 7 heteroatoms. The molecule has 0 aliphatic carbocycles. The normalized spacial score (nSPS) is 11.7. The fourth-order valence-corrected chi connectivity index (χ4v) is 2.49. The maximum atomic E-state index is 13.8. The molecule has 4 N–H and O–H groups in total. The minimum absolute atomic E-state index is 0.0589. The van der Waals surface area contributed by atoms with Gasteiger partial charge in [-0.05, 0) is 44.2 Å². The van der Waals surface area contributed by atoms with Gasteiger partial charge in [-0.3, -0.25) is 9.59 Å². The van der Waals surface area contributed by atoms with Crippen LogP contribution in [0, 0.1) is 11.6 Å². The van der Waals surface area contributed by atoms with E-state index in [1.165, 1.54) is 12.1 Å². The van der Waals surface area contributed by atoms with Gasteiger partial charge < -0.3 is 16.0 Å². The van der Waals surface area contributed by atoms with Gasteiger partial charge in [-0.2, -0.15) is 0 Å². The van der Waals surface area contributed by atoms with Crippen molar-refractivity contribution in [3.63, 3.8) is 0 Å². The van der Waals surface area contributed by atoms with E-state index in [1.54, 1.807) is 36.5 Å². The molecule has 2 amide bonds. The second-order valence-electron chi connectivity index (χ2n) is 5.88. The number of nitrogens with two attached hydrogens (primary N) is 1. The van der Waals surface area contributed by atoms with Crippen LogP contribution in [0.25, 0.3) is 0 Å². The highest BCUT2D eigenvalue weighted by Crippen LogP contribution is 2.15. The largest absolute Gasteiger partial charge is 0.352 e. The number of anilines is 1. The van der Waals surface area contributed by atoms with Gasteiger partial charge in [0.2, 0.25) is 0 Å². The van der Waals surface area contributed by atoms with Crippen LogP contribution in [0.5, 0.6) is 0 Å². The number of nitrogens with one attached hydrogen (secondary N) is 2. The molecule has 5 nitrogen and oxygen atoms in total. The minimum atomic E-state index is -0.636. The topological polar surface area (TPSA) is 74.8 Å². The predicted molar refractivity (Wildman–Crippen MR) is 94.6 cm³/mol. The van der Waals surface area contributed by atoms with Gasteiger partial charge in [-0.1, -0.05) is 6.07 Å². The number of rotatable bonds is 7. The Morgan fingerprint density at radius 1 is 1.15 bits per heavy atom. The van der Waals surface area contributed by atoms with Crippen LogP contribution < -0.4 is 16.0 Å². The maximum absolute atomic E-state index is 13.8. The number of amides is 2. The predicted octanol–water partition coefficient (Wildman–Crippen LogP) is 1.98. The smallest absolute Gasteiger partial charge is 0.279 e. The van der Waals surface area contributed by atoms with Gasteiger partial charge in [-0.15, -0.1) is 0 Å². The van der Waals surface area contributed by atoms with E-state index in [0.29, 0.717) is 23.4 Å². The molecule has 0 heterocycles. The first-order valence-corrected chi connectivity index (χ1v) is 8.37. The van der Waals surface area contributed by atoms with Crippen LogP contribution in [0.2, 0.25) is 0 Å². The molecule has 0 unspecified atom stereocenters. The van der Waals surface area contributed by atoms with Crippen LogP contribution in [0.15, 0.2) is 42.5 Å². The van der Waals surface area contributed by atoms with Crippen LogP contribution in [0.3, 0.4) is 0 Å². The average Bonchev–Trinajstić information content (AvgIpc) is 2.60. The van der Waals surface area contributed by atoms with Crippen molar-refractivity contribution in [1.29, 1.82) is 0 Å². The van der Waals surface area contributed by atoms with Gasteiger partial charge in [0.15, 0.2) is 6.54 Å². The third-order valence-corrected chi connectivity index (χ3v) is 3.86. The molecule has 0 bridgehead atoms. The van der Waals surface area contributed by atoms with Gasteiger partial charge >= 0.3 is 0 Å². The van der Waals surface area contributed by atoms with Crippen LogP contribution >= 0.6 is 0 Å². The molecule has 26 heavy (non-hydrogen) atoms. The highest BCUT2D eigenvalue weighted by molar-refractivity contribution is 5.97. The van der Waals surface area contributed by atoms with Crippen molar-refractivity contribution < 1.29 is 23.7 Å². The molecule has 2 rings (SSSR count). The fraction of sp³-hybridized carbons (Fsp3) is 0.263. The van der Waals surface area contributed by atoms with Crippen molar-refractivity contribution in [2.24, 2.45) is 0 Å². The third kappa shape index (κ3) is 5.35. The molecule has 0 saturated heterocycles. The molecular weight excluding hydrogens is 340 g/mol. The number of carbonyl (C=O) groups excluding carboxylic acids is 2. The first kappa shape index (κ1) is 19.5. The van der Waals surface area contributed by atoms with Crippen molar-refractivity contribution in [2.75, 3.05) is 18.4 Å². The number of quaternary nitrogens is 1. The van der Waals surface area contributed by atoms with Gasteiger partial charge in [0, 0.05) is 29.4 Å². The van der Waals surface area contributed by atoms with Crippen molar-refractivity contribution in [3.05, 3.63) is 65.2 Å². The van der Waals surface area contributed by atoms with E-state index in [4.69, 9.17) is 0 Å². The van der Waals surface area contributed by atoms with Crippen LogP contribution in [0.4, 0.5) is 14.5 Å². The summed E-state index contributed by atoms with van der Waals surface area (Å²) in [5.74, 6) is -1.77. The zero-order valence-corrected chi connectivity index (χ0v) is 14.7. The Balaban J connectivity index is 1.92. The summed E-state index contributed by atoms with van der Waals surface area (Å²) in [6, 6.07) is 9.66.